The molecule has 1 atom stereocenters. The van der Waals surface area contributed by atoms with Crippen molar-refractivity contribution in [2.45, 2.75) is 19.3 Å². The Balaban J connectivity index is 1.86. The Morgan fingerprint density at radius 1 is 1.35 bits per heavy atom. The van der Waals surface area contributed by atoms with Crippen LogP contribution in [0.3, 0.4) is 0 Å². The average molecular weight is 313 g/mol. The van der Waals surface area contributed by atoms with E-state index in [0.29, 0.717) is 12.5 Å². The van der Waals surface area contributed by atoms with Gasteiger partial charge in [0.15, 0.2) is 5.82 Å². The molecule has 0 N–H and O–H groups in total. The molecule has 1 aliphatic heterocycles. The summed E-state index contributed by atoms with van der Waals surface area (Å²) in [5.41, 5.74) is 3.17. The number of rotatable bonds is 3. The van der Waals surface area contributed by atoms with Crippen LogP contribution in [-0.4, -0.2) is 35.0 Å². The van der Waals surface area contributed by atoms with Gasteiger partial charge in [0, 0.05) is 36.2 Å². The highest BCUT2D eigenvalue weighted by atomic mass is 16.5. The molecular formula is C17H19N3O3. The zero-order valence-corrected chi connectivity index (χ0v) is 13.5. The van der Waals surface area contributed by atoms with Crippen LogP contribution in [0, 0.1) is 6.92 Å². The summed E-state index contributed by atoms with van der Waals surface area (Å²) < 4.78 is 18.5. The van der Waals surface area contributed by atoms with Gasteiger partial charge in [-0.3, -0.25) is 0 Å². The van der Waals surface area contributed by atoms with E-state index < -0.39 is 0 Å². The van der Waals surface area contributed by atoms with Crippen molar-refractivity contribution < 1.29 is 14.0 Å². The number of hydrogen-bond acceptors (Lipinski definition) is 5. The monoisotopic (exact) mass is 313 g/mol. The Kier molecular flexibility index (Phi) is 3.34. The molecule has 1 fully saturated rings. The van der Waals surface area contributed by atoms with E-state index in [1.165, 1.54) is 0 Å². The molecule has 4 rings (SSSR count). The maximum Gasteiger partial charge on any atom is 0.260 e. The summed E-state index contributed by atoms with van der Waals surface area (Å²) >= 11 is 0. The minimum absolute atomic E-state index is 0.234. The maximum atomic E-state index is 5.57. The van der Waals surface area contributed by atoms with Gasteiger partial charge in [-0.25, -0.2) is 0 Å². The molecule has 3 heterocycles. The lowest BCUT2D eigenvalue weighted by Crippen LogP contribution is -1.99. The van der Waals surface area contributed by atoms with Crippen LogP contribution in [0.2, 0.25) is 0 Å². The molecule has 0 radical (unpaired) electrons. The fourth-order valence-corrected chi connectivity index (χ4v) is 3.19. The molecule has 1 unspecified atom stereocenters. The van der Waals surface area contributed by atoms with Gasteiger partial charge in [-0.15, -0.1) is 0 Å². The third-order valence-corrected chi connectivity index (χ3v) is 4.65. The van der Waals surface area contributed by atoms with Crippen molar-refractivity contribution in [1.82, 2.24) is 14.7 Å². The van der Waals surface area contributed by atoms with Crippen LogP contribution in [0.25, 0.3) is 22.4 Å². The van der Waals surface area contributed by atoms with Gasteiger partial charge in [0.25, 0.3) is 5.89 Å². The number of aryl methyl sites for hydroxylation is 1. The number of benzene rings is 1. The third-order valence-electron chi connectivity index (χ3n) is 4.65. The number of hydrogen-bond donors (Lipinski definition) is 0. The first-order chi connectivity index (χ1) is 11.2. The van der Waals surface area contributed by atoms with Crippen LogP contribution in [0.15, 0.2) is 22.7 Å². The molecule has 0 saturated carbocycles. The van der Waals surface area contributed by atoms with Crippen LogP contribution in [0.1, 0.15) is 23.9 Å². The third kappa shape index (κ3) is 2.21. The summed E-state index contributed by atoms with van der Waals surface area (Å²) in [4.78, 5) is 4.63. The van der Waals surface area contributed by atoms with Crippen molar-refractivity contribution >= 4 is 10.9 Å². The largest absolute Gasteiger partial charge is 0.497 e. The summed E-state index contributed by atoms with van der Waals surface area (Å²) in [5.74, 6) is 2.34. The van der Waals surface area contributed by atoms with E-state index in [-0.39, 0.29) is 5.92 Å². The lowest BCUT2D eigenvalue weighted by Gasteiger charge is -2.00. The number of nitrogens with zero attached hydrogens (tertiary/aromatic N) is 3. The molecule has 0 spiro atoms. The minimum Gasteiger partial charge on any atom is -0.497 e. The first-order valence-corrected chi connectivity index (χ1v) is 7.73. The number of fused-ring (bicyclic) bond motifs is 1. The van der Waals surface area contributed by atoms with Crippen molar-refractivity contribution in [3.63, 3.8) is 0 Å². The minimum atomic E-state index is 0.234. The summed E-state index contributed by atoms with van der Waals surface area (Å²) in [7, 11) is 3.71. The SMILES string of the molecule is COc1ccc2c(c1)c(-c1nc(C3CCOC3)no1)c(C)n2C. The molecule has 2 aromatic heterocycles. The van der Waals surface area contributed by atoms with Gasteiger partial charge in [0.05, 0.1) is 19.3 Å². The van der Waals surface area contributed by atoms with E-state index >= 15 is 0 Å². The summed E-state index contributed by atoms with van der Waals surface area (Å²) in [6.45, 7) is 3.49. The predicted molar refractivity (Wildman–Crippen MR) is 85.7 cm³/mol. The van der Waals surface area contributed by atoms with E-state index in [1.807, 2.05) is 25.2 Å². The molecule has 23 heavy (non-hydrogen) atoms. The highest BCUT2D eigenvalue weighted by Gasteiger charge is 2.25. The molecule has 3 aromatic rings. The zero-order valence-electron chi connectivity index (χ0n) is 13.5. The molecule has 6 nitrogen and oxygen atoms in total. The van der Waals surface area contributed by atoms with Crippen LogP contribution in [0.5, 0.6) is 5.75 Å². The fraction of sp³-hybridized carbons (Fsp3) is 0.412. The topological polar surface area (TPSA) is 62.3 Å². The maximum absolute atomic E-state index is 5.57. The Labute approximate surface area is 134 Å². The van der Waals surface area contributed by atoms with E-state index in [4.69, 9.17) is 14.0 Å². The van der Waals surface area contributed by atoms with Crippen LogP contribution in [-0.2, 0) is 11.8 Å². The number of methoxy groups -OCH3 is 1. The van der Waals surface area contributed by atoms with Crippen LogP contribution < -0.4 is 4.74 Å². The van der Waals surface area contributed by atoms with Crippen molar-refractivity contribution in [1.29, 1.82) is 0 Å². The predicted octanol–water partition coefficient (Wildman–Crippen LogP) is 3.05. The smallest absolute Gasteiger partial charge is 0.260 e. The van der Waals surface area contributed by atoms with Crippen molar-refractivity contribution in [2.24, 2.45) is 7.05 Å². The average Bonchev–Trinajstić information content (AvgIpc) is 3.28. The Morgan fingerprint density at radius 2 is 2.22 bits per heavy atom. The Bertz CT molecular complexity index is 859. The van der Waals surface area contributed by atoms with E-state index in [2.05, 4.69) is 21.6 Å². The van der Waals surface area contributed by atoms with Gasteiger partial charge in [-0.1, -0.05) is 5.16 Å². The lowest BCUT2D eigenvalue weighted by molar-refractivity contribution is 0.192. The van der Waals surface area contributed by atoms with Crippen LogP contribution in [0.4, 0.5) is 0 Å². The summed E-state index contributed by atoms with van der Waals surface area (Å²) in [6.07, 6.45) is 0.946. The first-order valence-electron chi connectivity index (χ1n) is 7.73. The molecule has 1 aliphatic rings. The second kappa shape index (κ2) is 5.38. The van der Waals surface area contributed by atoms with Gasteiger partial charge >= 0.3 is 0 Å². The van der Waals surface area contributed by atoms with E-state index in [1.54, 1.807) is 7.11 Å². The highest BCUT2D eigenvalue weighted by molar-refractivity contribution is 5.96. The van der Waals surface area contributed by atoms with Crippen molar-refractivity contribution in [3.8, 4) is 17.2 Å². The molecule has 1 aromatic carbocycles. The van der Waals surface area contributed by atoms with E-state index in [0.717, 1.165) is 46.8 Å². The first kappa shape index (κ1) is 14.3. The highest BCUT2D eigenvalue weighted by Crippen LogP contribution is 2.36. The van der Waals surface area contributed by atoms with Gasteiger partial charge in [-0.05, 0) is 31.5 Å². The normalized spacial score (nSPS) is 18.0. The summed E-state index contributed by atoms with van der Waals surface area (Å²) in [5, 5.41) is 5.23. The van der Waals surface area contributed by atoms with Crippen molar-refractivity contribution in [2.75, 3.05) is 20.3 Å². The standard InChI is InChI=1S/C17H19N3O3/c1-10-15(13-8-12(21-3)4-5-14(13)20(10)2)17-18-16(19-23-17)11-6-7-22-9-11/h4-5,8,11H,6-7,9H2,1-3H3. The zero-order chi connectivity index (χ0) is 16.0. The van der Waals surface area contributed by atoms with Crippen molar-refractivity contribution in [3.05, 3.63) is 29.7 Å². The van der Waals surface area contributed by atoms with Gasteiger partial charge in [-0.2, -0.15) is 4.98 Å². The van der Waals surface area contributed by atoms with Crippen LogP contribution >= 0.6 is 0 Å². The quantitative estimate of drug-likeness (QED) is 0.743. The molecule has 1 saturated heterocycles. The summed E-state index contributed by atoms with van der Waals surface area (Å²) in [6, 6.07) is 6.02. The number of ether oxygens (including phenoxy) is 2. The molecule has 0 aliphatic carbocycles. The van der Waals surface area contributed by atoms with E-state index in [9.17, 15) is 0 Å². The molecule has 0 amide bonds. The molecule has 120 valence electrons. The van der Waals surface area contributed by atoms with Gasteiger partial charge < -0.3 is 18.6 Å². The molecule has 6 heteroatoms. The molecular weight excluding hydrogens is 294 g/mol. The fourth-order valence-electron chi connectivity index (χ4n) is 3.19. The second-order valence-corrected chi connectivity index (χ2v) is 5.92. The lowest BCUT2D eigenvalue weighted by atomic mass is 10.1. The second-order valence-electron chi connectivity index (χ2n) is 5.92. The van der Waals surface area contributed by atoms with Gasteiger partial charge in [0.1, 0.15) is 5.75 Å². The number of aromatic nitrogens is 3. The Hall–Kier alpha value is -2.34. The molecule has 0 bridgehead atoms. The van der Waals surface area contributed by atoms with Gasteiger partial charge in [0.2, 0.25) is 0 Å². The Morgan fingerprint density at radius 3 is 2.96 bits per heavy atom.